The Balaban J connectivity index is 1.33. The molecule has 6 rings (SSSR count). The molecule has 0 saturated heterocycles. The number of anilines is 1. The number of aromatic nitrogens is 2. The lowest BCUT2D eigenvalue weighted by atomic mass is 9.91. The summed E-state index contributed by atoms with van der Waals surface area (Å²) in [5.41, 5.74) is 13.7. The number of hydrogen-bond donors (Lipinski definition) is 2. The van der Waals surface area contributed by atoms with Crippen molar-refractivity contribution < 1.29 is 4.79 Å². The lowest BCUT2D eigenvalue weighted by Crippen LogP contribution is -2.25. The van der Waals surface area contributed by atoms with E-state index in [-0.39, 0.29) is 11.8 Å². The van der Waals surface area contributed by atoms with Gasteiger partial charge in [-0.15, -0.1) is 0 Å². The summed E-state index contributed by atoms with van der Waals surface area (Å²) in [6.45, 7) is 3.34. The summed E-state index contributed by atoms with van der Waals surface area (Å²) in [6, 6.07) is 31.4. The Morgan fingerprint density at radius 1 is 0.952 bits per heavy atom. The van der Waals surface area contributed by atoms with Gasteiger partial charge in [-0.3, -0.25) is 4.79 Å². The number of rotatable bonds is 11. The maximum atomic E-state index is 13.7. The van der Waals surface area contributed by atoms with Gasteiger partial charge in [0, 0.05) is 38.1 Å². The van der Waals surface area contributed by atoms with Crippen molar-refractivity contribution in [1.29, 1.82) is 0 Å². The molecule has 1 aromatic heterocycles. The minimum Gasteiger partial charge on any atom is -0.377 e. The van der Waals surface area contributed by atoms with E-state index in [4.69, 9.17) is 5.73 Å². The second-order valence-corrected chi connectivity index (χ2v) is 11.7. The summed E-state index contributed by atoms with van der Waals surface area (Å²) in [5, 5.41) is 11.0. The number of Topliss-reactive ketones (excluding diaryl/α,β-unsaturated/α-hetero) is 1. The maximum Gasteiger partial charge on any atom is 0.185 e. The van der Waals surface area contributed by atoms with Gasteiger partial charge in [0.15, 0.2) is 5.78 Å². The summed E-state index contributed by atoms with van der Waals surface area (Å²) in [4.78, 5) is 15.9. The van der Waals surface area contributed by atoms with Gasteiger partial charge >= 0.3 is 0 Å². The van der Waals surface area contributed by atoms with Crippen molar-refractivity contribution in [3.63, 3.8) is 0 Å². The Morgan fingerprint density at radius 3 is 2.48 bits per heavy atom. The second kappa shape index (κ2) is 11.9. The van der Waals surface area contributed by atoms with Crippen LogP contribution in [0.25, 0.3) is 16.5 Å². The lowest BCUT2D eigenvalue weighted by Gasteiger charge is -2.24. The van der Waals surface area contributed by atoms with E-state index in [2.05, 4.69) is 90.1 Å². The van der Waals surface area contributed by atoms with Gasteiger partial charge in [0.25, 0.3) is 0 Å². The van der Waals surface area contributed by atoms with E-state index in [1.165, 1.54) is 40.4 Å². The molecule has 0 amide bonds. The van der Waals surface area contributed by atoms with E-state index >= 15 is 0 Å². The van der Waals surface area contributed by atoms with Crippen molar-refractivity contribution in [2.24, 2.45) is 11.7 Å². The van der Waals surface area contributed by atoms with Crippen LogP contribution in [0.1, 0.15) is 57.3 Å². The molecule has 1 atom stereocenters. The predicted molar refractivity (Wildman–Crippen MR) is 172 cm³/mol. The molecule has 0 spiro atoms. The quantitative estimate of drug-likeness (QED) is 0.185. The number of fused-ring (bicyclic) bond motifs is 1. The first kappa shape index (κ1) is 27.9. The zero-order valence-electron chi connectivity index (χ0n) is 24.7. The molecule has 1 saturated carbocycles. The Hall–Kier alpha value is -4.26. The van der Waals surface area contributed by atoms with Gasteiger partial charge in [-0.1, -0.05) is 66.7 Å². The molecule has 1 fully saturated rings. The number of hydrogen-bond acceptors (Lipinski definition) is 5. The second-order valence-electron chi connectivity index (χ2n) is 11.7. The van der Waals surface area contributed by atoms with Gasteiger partial charge < -0.3 is 16.0 Å². The van der Waals surface area contributed by atoms with Crippen LogP contribution in [0.2, 0.25) is 0 Å². The Morgan fingerprint density at radius 2 is 1.71 bits per heavy atom. The van der Waals surface area contributed by atoms with Crippen LogP contribution < -0.4 is 16.0 Å². The highest BCUT2D eigenvalue weighted by Gasteiger charge is 2.25. The average molecular weight is 558 g/mol. The van der Waals surface area contributed by atoms with Gasteiger partial charge in [-0.2, -0.15) is 5.10 Å². The number of nitrogens with zero attached hydrogens (tertiary/aromatic N) is 3. The van der Waals surface area contributed by atoms with E-state index in [0.29, 0.717) is 18.7 Å². The lowest BCUT2D eigenvalue weighted by molar-refractivity contribution is 0.0985. The summed E-state index contributed by atoms with van der Waals surface area (Å²) >= 11 is 0. The largest absolute Gasteiger partial charge is 0.377 e. The molecule has 1 heterocycles. The topological polar surface area (TPSA) is 76.2 Å². The molecule has 1 aliphatic carbocycles. The highest BCUT2D eigenvalue weighted by Crippen LogP contribution is 2.36. The fourth-order valence-electron chi connectivity index (χ4n) is 5.83. The third-order valence-electron chi connectivity index (χ3n) is 8.19. The molecule has 1 unspecified atom stereocenters. The van der Waals surface area contributed by atoms with Crippen LogP contribution in [0.4, 0.5) is 5.69 Å². The summed E-state index contributed by atoms with van der Waals surface area (Å²) < 4.78 is 1.75. The Kier molecular flexibility index (Phi) is 7.92. The van der Waals surface area contributed by atoms with Crippen molar-refractivity contribution in [2.45, 2.75) is 38.8 Å². The first-order chi connectivity index (χ1) is 20.4. The third-order valence-corrected chi connectivity index (χ3v) is 8.19. The number of carbonyl (C=O) groups excluding carboxylic acids is 1. The minimum atomic E-state index is 0.0218. The zero-order valence-corrected chi connectivity index (χ0v) is 24.7. The zero-order chi connectivity index (χ0) is 29.2. The highest BCUT2D eigenvalue weighted by molar-refractivity contribution is 5.97. The molecule has 1 aliphatic rings. The van der Waals surface area contributed by atoms with Crippen LogP contribution in [-0.2, 0) is 13.0 Å². The monoisotopic (exact) mass is 557 g/mol. The summed E-state index contributed by atoms with van der Waals surface area (Å²) in [6.07, 6.45) is 2.87. The van der Waals surface area contributed by atoms with E-state index < -0.39 is 0 Å². The van der Waals surface area contributed by atoms with Crippen LogP contribution >= 0.6 is 0 Å². The molecule has 0 radical (unpaired) electrons. The van der Waals surface area contributed by atoms with Crippen LogP contribution in [0.5, 0.6) is 0 Å². The first-order valence-electron chi connectivity index (χ1n) is 14.8. The maximum absolute atomic E-state index is 13.7. The van der Waals surface area contributed by atoms with Crippen LogP contribution in [0.3, 0.4) is 0 Å². The molecular weight excluding hydrogens is 518 g/mol. The standard InChI is InChI=1S/C36H39N5O/c1-24-18-34(41(39-24)29-11-7-9-27(20-29)22-37)35(42)21-26-8-6-10-28(19-26)36(38-23-25-14-15-25)32-16-17-33(40(2)3)31-13-5-4-12-30(31)32/h4-13,16-20,25,36,38H,14-15,21-23,37H2,1-3H3. The van der Waals surface area contributed by atoms with Crippen molar-refractivity contribution >= 4 is 22.2 Å². The fourth-order valence-corrected chi connectivity index (χ4v) is 5.83. The fraction of sp³-hybridized carbons (Fsp3) is 0.278. The molecule has 214 valence electrons. The smallest absolute Gasteiger partial charge is 0.185 e. The minimum absolute atomic E-state index is 0.0218. The van der Waals surface area contributed by atoms with Gasteiger partial charge in [-0.25, -0.2) is 4.68 Å². The third kappa shape index (κ3) is 5.87. The molecule has 3 N–H and O–H groups in total. The SMILES string of the molecule is Cc1cc(C(=O)Cc2cccc(C(NCC3CC3)c3ccc(N(C)C)c4ccccc34)c2)n(-c2cccc(CN)c2)n1. The number of nitrogens with one attached hydrogen (secondary N) is 1. The van der Waals surface area contributed by atoms with Crippen LogP contribution in [-0.4, -0.2) is 36.2 Å². The average Bonchev–Trinajstić information content (AvgIpc) is 3.75. The molecule has 0 aliphatic heterocycles. The molecular formula is C36H39N5O. The predicted octanol–water partition coefficient (Wildman–Crippen LogP) is 6.37. The number of aryl methyl sites for hydroxylation is 1. The van der Waals surface area contributed by atoms with Crippen molar-refractivity contribution in [3.05, 3.63) is 125 Å². The molecule has 4 aromatic carbocycles. The number of nitrogens with two attached hydrogens (primary N) is 1. The number of benzene rings is 4. The number of ketones is 1. The first-order valence-corrected chi connectivity index (χ1v) is 14.8. The summed E-state index contributed by atoms with van der Waals surface area (Å²) in [5.74, 6) is 0.778. The molecule has 5 aromatic rings. The normalized spacial score (nSPS) is 13.8. The van der Waals surface area contributed by atoms with E-state index in [0.717, 1.165) is 35.0 Å². The van der Waals surface area contributed by atoms with Gasteiger partial charge in [0.1, 0.15) is 5.69 Å². The van der Waals surface area contributed by atoms with Crippen molar-refractivity contribution in [2.75, 3.05) is 25.5 Å². The van der Waals surface area contributed by atoms with Crippen molar-refractivity contribution in [3.8, 4) is 5.69 Å². The van der Waals surface area contributed by atoms with E-state index in [1.807, 2.05) is 37.3 Å². The van der Waals surface area contributed by atoms with Crippen molar-refractivity contribution in [1.82, 2.24) is 15.1 Å². The Labute approximate surface area is 248 Å². The molecule has 0 bridgehead atoms. The van der Waals surface area contributed by atoms with E-state index in [1.54, 1.807) is 4.68 Å². The van der Waals surface area contributed by atoms with Gasteiger partial charge in [0.05, 0.1) is 17.4 Å². The van der Waals surface area contributed by atoms with Crippen LogP contribution in [0, 0.1) is 12.8 Å². The molecule has 6 heteroatoms. The summed E-state index contributed by atoms with van der Waals surface area (Å²) in [7, 11) is 4.18. The molecule has 42 heavy (non-hydrogen) atoms. The highest BCUT2D eigenvalue weighted by atomic mass is 16.1. The van der Waals surface area contributed by atoms with Crippen LogP contribution in [0.15, 0.2) is 91.0 Å². The van der Waals surface area contributed by atoms with Gasteiger partial charge in [0.2, 0.25) is 0 Å². The Bertz CT molecular complexity index is 1730. The molecule has 6 nitrogen and oxygen atoms in total. The number of carbonyl (C=O) groups is 1. The van der Waals surface area contributed by atoms with E-state index in [9.17, 15) is 4.79 Å². The van der Waals surface area contributed by atoms with Gasteiger partial charge in [-0.05, 0) is 84.1 Å².